The van der Waals surface area contributed by atoms with E-state index >= 15 is 0 Å². The molecule has 0 aliphatic heterocycles. The van der Waals surface area contributed by atoms with Gasteiger partial charge in [0.05, 0.1) is 0 Å². The number of nitrogens with zero attached hydrogens (tertiary/aromatic N) is 5. The molecule has 2 amide bonds. The number of phenols is 1. The van der Waals surface area contributed by atoms with Gasteiger partial charge in [-0.15, -0.1) is 10.2 Å². The van der Waals surface area contributed by atoms with Gasteiger partial charge >= 0.3 is 0 Å². The van der Waals surface area contributed by atoms with Crippen molar-refractivity contribution in [3.63, 3.8) is 0 Å². The van der Waals surface area contributed by atoms with E-state index in [9.17, 15) is 19.1 Å². The quantitative estimate of drug-likeness (QED) is 0.381. The van der Waals surface area contributed by atoms with Gasteiger partial charge in [0.25, 0.3) is 5.91 Å². The van der Waals surface area contributed by atoms with Crippen LogP contribution in [0.4, 0.5) is 10.1 Å². The van der Waals surface area contributed by atoms with E-state index in [1.165, 1.54) is 41.3 Å². The Morgan fingerprint density at radius 3 is 2.32 bits per heavy atom. The Labute approximate surface area is 219 Å². The third-order valence-electron chi connectivity index (χ3n) is 5.69. The van der Waals surface area contributed by atoms with Crippen LogP contribution in [-0.2, 0) is 16.1 Å². The zero-order valence-corrected chi connectivity index (χ0v) is 21.6. The topological polar surface area (TPSA) is 113 Å². The first-order valence-electron chi connectivity index (χ1n) is 12.0. The van der Waals surface area contributed by atoms with Gasteiger partial charge in [-0.1, -0.05) is 30.3 Å². The molecule has 4 rings (SSSR count). The molecule has 10 heteroatoms. The van der Waals surface area contributed by atoms with E-state index in [4.69, 9.17) is 0 Å². The Morgan fingerprint density at radius 2 is 1.68 bits per heavy atom. The average Bonchev–Trinajstić information content (AvgIpc) is 3.31. The minimum atomic E-state index is -1.05. The molecular weight excluding hydrogens is 487 g/mol. The number of phenolic OH excluding ortho intramolecular Hbond substituents is 1. The summed E-state index contributed by atoms with van der Waals surface area (Å²) >= 11 is 0. The molecule has 196 valence electrons. The SMILES string of the molecule is Cc1ccccc1N(C(=O)Cn1nnc(-c2ccc(F)cc2)n1)C(C(=O)NC(C)(C)C)c1ccc(O)cc1. The maximum Gasteiger partial charge on any atom is 0.251 e. The molecule has 3 aromatic carbocycles. The number of hydrogen-bond acceptors (Lipinski definition) is 6. The fraction of sp³-hybridized carbons (Fsp3) is 0.250. The number of aromatic nitrogens is 4. The van der Waals surface area contributed by atoms with Crippen molar-refractivity contribution in [2.24, 2.45) is 0 Å². The zero-order valence-electron chi connectivity index (χ0n) is 21.6. The summed E-state index contributed by atoms with van der Waals surface area (Å²) in [5.41, 5.74) is 1.82. The van der Waals surface area contributed by atoms with Gasteiger partial charge in [-0.2, -0.15) is 4.80 Å². The summed E-state index contributed by atoms with van der Waals surface area (Å²) in [5.74, 6) is -0.958. The monoisotopic (exact) mass is 516 g/mol. The summed E-state index contributed by atoms with van der Waals surface area (Å²) in [7, 11) is 0. The third-order valence-corrected chi connectivity index (χ3v) is 5.69. The van der Waals surface area contributed by atoms with Crippen molar-refractivity contribution in [2.75, 3.05) is 4.90 Å². The van der Waals surface area contributed by atoms with Crippen molar-refractivity contribution in [3.8, 4) is 17.1 Å². The highest BCUT2D eigenvalue weighted by Crippen LogP contribution is 2.32. The van der Waals surface area contributed by atoms with E-state index < -0.39 is 23.4 Å². The van der Waals surface area contributed by atoms with Crippen molar-refractivity contribution >= 4 is 17.5 Å². The first-order valence-corrected chi connectivity index (χ1v) is 12.0. The Morgan fingerprint density at radius 1 is 1.03 bits per heavy atom. The van der Waals surface area contributed by atoms with Crippen LogP contribution < -0.4 is 10.2 Å². The van der Waals surface area contributed by atoms with E-state index in [-0.39, 0.29) is 23.9 Å². The minimum Gasteiger partial charge on any atom is -0.508 e. The molecule has 0 saturated carbocycles. The number of anilines is 1. The molecule has 38 heavy (non-hydrogen) atoms. The van der Waals surface area contributed by atoms with E-state index in [0.717, 1.165) is 10.4 Å². The number of carbonyl (C=O) groups excluding carboxylic acids is 2. The van der Waals surface area contributed by atoms with Gasteiger partial charge in [0.2, 0.25) is 11.7 Å². The van der Waals surface area contributed by atoms with Crippen LogP contribution in [0.15, 0.2) is 72.8 Å². The molecule has 1 atom stereocenters. The van der Waals surface area contributed by atoms with Crippen LogP contribution in [0.1, 0.15) is 37.9 Å². The summed E-state index contributed by atoms with van der Waals surface area (Å²) in [4.78, 5) is 30.2. The summed E-state index contributed by atoms with van der Waals surface area (Å²) in [5, 5.41) is 25.1. The molecule has 0 aliphatic carbocycles. The van der Waals surface area contributed by atoms with Gasteiger partial charge in [-0.3, -0.25) is 14.5 Å². The number of amides is 2. The highest BCUT2D eigenvalue weighted by molar-refractivity contribution is 6.01. The number of rotatable bonds is 7. The summed E-state index contributed by atoms with van der Waals surface area (Å²) in [6.07, 6.45) is 0. The third kappa shape index (κ3) is 6.20. The fourth-order valence-corrected chi connectivity index (χ4v) is 3.99. The van der Waals surface area contributed by atoms with Crippen molar-refractivity contribution in [1.82, 2.24) is 25.5 Å². The number of hydrogen-bond donors (Lipinski definition) is 2. The van der Waals surface area contributed by atoms with Crippen molar-refractivity contribution in [2.45, 2.75) is 45.8 Å². The average molecular weight is 517 g/mol. The second-order valence-electron chi connectivity index (χ2n) is 9.93. The molecule has 0 fully saturated rings. The van der Waals surface area contributed by atoms with Crippen LogP contribution in [0.25, 0.3) is 11.4 Å². The standard InChI is InChI=1S/C28H29FN6O3/c1-18-7-5-6-8-23(18)35(25(27(38)30-28(2,3)4)19-11-15-22(36)16-12-19)24(37)17-34-32-26(31-33-34)20-9-13-21(29)14-10-20/h5-16,25,36H,17H2,1-4H3,(H,30,38). The van der Waals surface area contributed by atoms with Gasteiger partial charge in [0.1, 0.15) is 24.2 Å². The molecule has 1 aromatic heterocycles. The normalized spacial score (nSPS) is 12.1. The van der Waals surface area contributed by atoms with Crippen LogP contribution in [0.5, 0.6) is 5.75 Å². The first-order chi connectivity index (χ1) is 18.0. The van der Waals surface area contributed by atoms with Crippen LogP contribution in [0.3, 0.4) is 0 Å². The number of carbonyl (C=O) groups is 2. The fourth-order valence-electron chi connectivity index (χ4n) is 3.99. The van der Waals surface area contributed by atoms with Gasteiger partial charge in [-0.25, -0.2) is 4.39 Å². The van der Waals surface area contributed by atoms with Crippen LogP contribution in [0.2, 0.25) is 0 Å². The van der Waals surface area contributed by atoms with Crippen molar-refractivity contribution < 1.29 is 19.1 Å². The van der Waals surface area contributed by atoms with Gasteiger partial charge in [-0.05, 0) is 86.5 Å². The number of halogens is 1. The minimum absolute atomic E-state index is 0.0395. The summed E-state index contributed by atoms with van der Waals surface area (Å²) < 4.78 is 13.3. The molecule has 1 unspecified atom stereocenters. The maximum atomic E-state index is 13.9. The highest BCUT2D eigenvalue weighted by atomic mass is 19.1. The Kier molecular flexibility index (Phi) is 7.52. The van der Waals surface area contributed by atoms with E-state index in [2.05, 4.69) is 20.7 Å². The molecule has 0 saturated heterocycles. The van der Waals surface area contributed by atoms with E-state index in [0.29, 0.717) is 16.8 Å². The lowest BCUT2D eigenvalue weighted by molar-refractivity contribution is -0.128. The van der Waals surface area contributed by atoms with Gasteiger partial charge in [0, 0.05) is 16.8 Å². The molecule has 2 N–H and O–H groups in total. The van der Waals surface area contributed by atoms with Gasteiger partial charge < -0.3 is 10.4 Å². The van der Waals surface area contributed by atoms with Crippen LogP contribution >= 0.6 is 0 Å². The Bertz CT molecular complexity index is 1430. The largest absolute Gasteiger partial charge is 0.508 e. The smallest absolute Gasteiger partial charge is 0.251 e. The van der Waals surface area contributed by atoms with Crippen LogP contribution in [0, 0.1) is 12.7 Å². The highest BCUT2D eigenvalue weighted by Gasteiger charge is 2.35. The van der Waals surface area contributed by atoms with Crippen LogP contribution in [-0.4, -0.2) is 42.7 Å². The number of benzene rings is 3. The molecule has 0 bridgehead atoms. The number of aryl methyl sites for hydroxylation is 1. The van der Waals surface area contributed by atoms with Crippen molar-refractivity contribution in [1.29, 1.82) is 0 Å². The molecule has 4 aromatic rings. The second-order valence-corrected chi connectivity index (χ2v) is 9.93. The molecule has 9 nitrogen and oxygen atoms in total. The lowest BCUT2D eigenvalue weighted by atomic mass is 9.99. The molecule has 1 heterocycles. The lowest BCUT2D eigenvalue weighted by Crippen LogP contribution is -2.50. The van der Waals surface area contributed by atoms with Crippen molar-refractivity contribution in [3.05, 3.63) is 89.7 Å². The summed E-state index contributed by atoms with van der Waals surface area (Å²) in [6, 6.07) is 18.0. The zero-order chi connectivity index (χ0) is 27.4. The Balaban J connectivity index is 1.75. The first kappa shape index (κ1) is 26.5. The number of para-hydroxylation sites is 1. The summed E-state index contributed by atoms with van der Waals surface area (Å²) in [6.45, 7) is 7.12. The molecular formula is C28H29FN6O3. The lowest BCUT2D eigenvalue weighted by Gasteiger charge is -2.34. The number of tetrazole rings is 1. The molecule has 0 aliphatic rings. The number of nitrogens with one attached hydrogen (secondary N) is 1. The predicted molar refractivity (Wildman–Crippen MR) is 141 cm³/mol. The second kappa shape index (κ2) is 10.8. The molecule has 0 spiro atoms. The number of aromatic hydroxyl groups is 1. The Hall–Kier alpha value is -4.60. The maximum absolute atomic E-state index is 13.9. The predicted octanol–water partition coefficient (Wildman–Crippen LogP) is 4.18. The van der Waals surface area contributed by atoms with Gasteiger partial charge in [0.15, 0.2) is 0 Å². The van der Waals surface area contributed by atoms with E-state index in [1.807, 2.05) is 39.8 Å². The molecule has 0 radical (unpaired) electrons. The van der Waals surface area contributed by atoms with E-state index in [1.54, 1.807) is 24.3 Å².